The lowest BCUT2D eigenvalue weighted by molar-refractivity contribution is -0.119. The van der Waals surface area contributed by atoms with E-state index in [1.807, 2.05) is 6.92 Å². The molecule has 1 saturated heterocycles. The molecule has 1 unspecified atom stereocenters. The van der Waals surface area contributed by atoms with Crippen molar-refractivity contribution in [3.8, 4) is 5.75 Å². The average molecular weight is 311 g/mol. The molecule has 1 aliphatic rings. The van der Waals surface area contributed by atoms with Gasteiger partial charge >= 0.3 is 0 Å². The first-order valence-corrected chi connectivity index (χ1v) is 7.48. The zero-order valence-corrected chi connectivity index (χ0v) is 12.7. The van der Waals surface area contributed by atoms with E-state index in [4.69, 9.17) is 16.3 Å². The van der Waals surface area contributed by atoms with Crippen LogP contribution in [-0.2, 0) is 4.79 Å². The van der Waals surface area contributed by atoms with Gasteiger partial charge in [0.2, 0.25) is 5.91 Å². The van der Waals surface area contributed by atoms with Gasteiger partial charge in [-0.3, -0.25) is 9.59 Å². The average Bonchev–Trinajstić information content (AvgIpc) is 2.89. The van der Waals surface area contributed by atoms with E-state index in [2.05, 4.69) is 10.6 Å². The van der Waals surface area contributed by atoms with Crippen LogP contribution in [0.5, 0.6) is 5.75 Å². The molecule has 2 amide bonds. The topological polar surface area (TPSA) is 67.4 Å². The van der Waals surface area contributed by atoms with Gasteiger partial charge in [0.15, 0.2) is 0 Å². The second kappa shape index (κ2) is 7.31. The largest absolute Gasteiger partial charge is 0.493 e. The highest BCUT2D eigenvalue weighted by Crippen LogP contribution is 2.23. The van der Waals surface area contributed by atoms with Gasteiger partial charge in [0.25, 0.3) is 5.91 Å². The molecule has 114 valence electrons. The Bertz CT molecular complexity index is 534. The van der Waals surface area contributed by atoms with Gasteiger partial charge in [0.05, 0.1) is 12.2 Å². The van der Waals surface area contributed by atoms with Gasteiger partial charge in [0.1, 0.15) is 5.75 Å². The summed E-state index contributed by atoms with van der Waals surface area (Å²) in [7, 11) is 0. The summed E-state index contributed by atoms with van der Waals surface area (Å²) in [6, 6.07) is 4.99. The lowest BCUT2D eigenvalue weighted by Gasteiger charge is -2.14. The molecule has 5 nitrogen and oxygen atoms in total. The first kappa shape index (κ1) is 15.6. The molecule has 1 aliphatic heterocycles. The number of rotatable bonds is 6. The number of carbonyl (C=O) groups is 2. The number of hydrogen-bond acceptors (Lipinski definition) is 3. The van der Waals surface area contributed by atoms with Crippen LogP contribution < -0.4 is 15.4 Å². The molecule has 1 aromatic carbocycles. The van der Waals surface area contributed by atoms with Gasteiger partial charge in [-0.2, -0.15) is 0 Å². The maximum atomic E-state index is 12.3. The van der Waals surface area contributed by atoms with E-state index in [-0.39, 0.29) is 17.9 Å². The molecule has 1 atom stereocenters. The maximum absolute atomic E-state index is 12.3. The Kier molecular flexibility index (Phi) is 5.44. The van der Waals surface area contributed by atoms with E-state index in [0.29, 0.717) is 35.9 Å². The van der Waals surface area contributed by atoms with Crippen LogP contribution in [0.25, 0.3) is 0 Å². The predicted molar refractivity (Wildman–Crippen MR) is 80.7 cm³/mol. The van der Waals surface area contributed by atoms with Gasteiger partial charge in [0, 0.05) is 24.0 Å². The molecule has 2 N–H and O–H groups in total. The van der Waals surface area contributed by atoms with Crippen molar-refractivity contribution < 1.29 is 14.3 Å². The van der Waals surface area contributed by atoms with Crippen LogP contribution in [0.2, 0.25) is 5.02 Å². The number of ether oxygens (including phenoxy) is 1. The molecule has 0 saturated carbocycles. The summed E-state index contributed by atoms with van der Waals surface area (Å²) in [4.78, 5) is 23.4. The molecular weight excluding hydrogens is 292 g/mol. The summed E-state index contributed by atoms with van der Waals surface area (Å²) in [5.74, 6) is 0.308. The fraction of sp³-hybridized carbons (Fsp3) is 0.467. The highest BCUT2D eigenvalue weighted by Gasteiger charge is 2.22. The predicted octanol–water partition coefficient (Wildman–Crippen LogP) is 2.14. The van der Waals surface area contributed by atoms with E-state index in [9.17, 15) is 9.59 Å². The van der Waals surface area contributed by atoms with E-state index < -0.39 is 0 Å². The Morgan fingerprint density at radius 3 is 3.00 bits per heavy atom. The minimum Gasteiger partial charge on any atom is -0.493 e. The van der Waals surface area contributed by atoms with Crippen LogP contribution in [0.15, 0.2) is 18.2 Å². The maximum Gasteiger partial charge on any atom is 0.255 e. The second-order valence-electron chi connectivity index (χ2n) is 5.00. The van der Waals surface area contributed by atoms with Crippen molar-refractivity contribution in [3.63, 3.8) is 0 Å². The minimum atomic E-state index is -0.246. The monoisotopic (exact) mass is 310 g/mol. The van der Waals surface area contributed by atoms with Crippen LogP contribution in [-0.4, -0.2) is 31.0 Å². The molecule has 0 radical (unpaired) electrons. The third-order valence-corrected chi connectivity index (χ3v) is 3.48. The first-order chi connectivity index (χ1) is 10.1. The smallest absolute Gasteiger partial charge is 0.255 e. The summed E-state index contributed by atoms with van der Waals surface area (Å²) in [6.07, 6.45) is 2.12. The molecule has 2 rings (SSSR count). The lowest BCUT2D eigenvalue weighted by Crippen LogP contribution is -2.38. The van der Waals surface area contributed by atoms with Gasteiger partial charge < -0.3 is 15.4 Å². The molecule has 0 aliphatic carbocycles. The molecule has 0 bridgehead atoms. The summed E-state index contributed by atoms with van der Waals surface area (Å²) in [5, 5.41) is 6.11. The Labute approximate surface area is 129 Å². The summed E-state index contributed by atoms with van der Waals surface area (Å²) in [6.45, 7) is 2.95. The van der Waals surface area contributed by atoms with Crippen LogP contribution in [0.4, 0.5) is 0 Å². The fourth-order valence-corrected chi connectivity index (χ4v) is 2.33. The number of hydrogen-bond donors (Lipinski definition) is 2. The first-order valence-electron chi connectivity index (χ1n) is 7.10. The van der Waals surface area contributed by atoms with Gasteiger partial charge in [-0.1, -0.05) is 18.5 Å². The second-order valence-corrected chi connectivity index (χ2v) is 5.44. The zero-order chi connectivity index (χ0) is 15.2. The molecule has 1 aromatic rings. The molecule has 1 fully saturated rings. The van der Waals surface area contributed by atoms with E-state index in [1.165, 1.54) is 0 Å². The van der Waals surface area contributed by atoms with E-state index in [1.54, 1.807) is 18.2 Å². The zero-order valence-electron chi connectivity index (χ0n) is 11.9. The van der Waals surface area contributed by atoms with Crippen molar-refractivity contribution in [1.82, 2.24) is 10.6 Å². The Morgan fingerprint density at radius 1 is 1.52 bits per heavy atom. The number of halogens is 1. The van der Waals surface area contributed by atoms with E-state index >= 15 is 0 Å². The normalized spacial score (nSPS) is 17.4. The Morgan fingerprint density at radius 2 is 2.33 bits per heavy atom. The Hall–Kier alpha value is -1.75. The Balaban J connectivity index is 2.00. The summed E-state index contributed by atoms with van der Waals surface area (Å²) < 4.78 is 5.56. The van der Waals surface area contributed by atoms with Gasteiger partial charge in [-0.25, -0.2) is 0 Å². The lowest BCUT2D eigenvalue weighted by atomic mass is 10.1. The fourth-order valence-electron chi connectivity index (χ4n) is 2.16. The molecule has 0 aromatic heterocycles. The van der Waals surface area contributed by atoms with Crippen LogP contribution in [0.1, 0.15) is 36.5 Å². The standard InChI is InChI=1S/C15H19ClN2O3/c1-2-7-21-13-5-3-10(16)8-12(13)15(20)17-9-11-4-6-14(19)18-11/h3,5,8,11H,2,4,6-7,9H2,1H3,(H,17,20)(H,18,19). The van der Waals surface area contributed by atoms with Crippen molar-refractivity contribution in [1.29, 1.82) is 0 Å². The highest BCUT2D eigenvalue weighted by atomic mass is 35.5. The highest BCUT2D eigenvalue weighted by molar-refractivity contribution is 6.31. The number of nitrogens with one attached hydrogen (secondary N) is 2. The quantitative estimate of drug-likeness (QED) is 0.846. The van der Waals surface area contributed by atoms with Crippen molar-refractivity contribution in [2.45, 2.75) is 32.2 Å². The number of amides is 2. The molecule has 6 heteroatoms. The molecule has 21 heavy (non-hydrogen) atoms. The molecular formula is C15H19ClN2O3. The van der Waals surface area contributed by atoms with Crippen molar-refractivity contribution >= 4 is 23.4 Å². The van der Waals surface area contributed by atoms with Gasteiger partial charge in [-0.05, 0) is 31.0 Å². The van der Waals surface area contributed by atoms with Gasteiger partial charge in [-0.15, -0.1) is 0 Å². The number of carbonyl (C=O) groups excluding carboxylic acids is 2. The van der Waals surface area contributed by atoms with Crippen LogP contribution >= 0.6 is 11.6 Å². The SMILES string of the molecule is CCCOc1ccc(Cl)cc1C(=O)NCC1CCC(=O)N1. The van der Waals surface area contributed by atoms with Crippen LogP contribution in [0, 0.1) is 0 Å². The van der Waals surface area contributed by atoms with Crippen molar-refractivity contribution in [2.75, 3.05) is 13.2 Å². The molecule has 0 spiro atoms. The van der Waals surface area contributed by atoms with Crippen molar-refractivity contribution in [2.24, 2.45) is 0 Å². The third-order valence-electron chi connectivity index (χ3n) is 3.24. The minimum absolute atomic E-state index is 0.000597. The number of benzene rings is 1. The summed E-state index contributed by atoms with van der Waals surface area (Å²) in [5.41, 5.74) is 0.417. The summed E-state index contributed by atoms with van der Waals surface area (Å²) >= 11 is 5.95. The molecule has 1 heterocycles. The third kappa shape index (κ3) is 4.36. The van der Waals surface area contributed by atoms with Crippen molar-refractivity contribution in [3.05, 3.63) is 28.8 Å². The van der Waals surface area contributed by atoms with Crippen LogP contribution in [0.3, 0.4) is 0 Å². The van der Waals surface area contributed by atoms with E-state index in [0.717, 1.165) is 12.8 Å².